The smallest absolute Gasteiger partial charge is 0.302 e. The van der Waals surface area contributed by atoms with Crippen LogP contribution in [0.4, 0.5) is 0 Å². The first kappa shape index (κ1) is 48.5. The van der Waals surface area contributed by atoms with E-state index >= 15 is 0 Å². The van der Waals surface area contributed by atoms with E-state index in [1.807, 2.05) is 0 Å². The van der Waals surface area contributed by atoms with E-state index in [9.17, 15) is 4.79 Å². The molecular formula is C34H78O2. The van der Waals surface area contributed by atoms with Crippen LogP contribution in [-0.4, -0.2) is 12.6 Å². The normalized spacial score (nSPS) is 8.78. The lowest BCUT2D eigenvalue weighted by Crippen LogP contribution is -1.95. The summed E-state index contributed by atoms with van der Waals surface area (Å²) < 4.78 is 4.40. The largest absolute Gasteiger partial charge is 0.466 e. The first-order chi connectivity index (χ1) is 17.3. The van der Waals surface area contributed by atoms with Gasteiger partial charge in [-0.25, -0.2) is 0 Å². The molecule has 0 aliphatic carbocycles. The summed E-state index contributed by atoms with van der Waals surface area (Å²) in [5.41, 5.74) is 0. The van der Waals surface area contributed by atoms with E-state index in [1.165, 1.54) is 135 Å². The summed E-state index contributed by atoms with van der Waals surface area (Å²) in [6.45, 7) is 26.0. The van der Waals surface area contributed by atoms with Crippen LogP contribution in [-0.2, 0) is 9.53 Å². The second-order valence-electron chi connectivity index (χ2n) is 9.46. The zero-order valence-electron chi connectivity index (χ0n) is 28.2. The number of hydrogen-bond donors (Lipinski definition) is 0. The predicted octanol–water partition coefficient (Wildman–Crippen LogP) is 13.5. The van der Waals surface area contributed by atoms with Gasteiger partial charge in [0.25, 0.3) is 0 Å². The summed E-state index contributed by atoms with van der Waals surface area (Å²) in [4.78, 5) is 9.82. The highest BCUT2D eigenvalue weighted by molar-refractivity contribution is 5.65. The van der Waals surface area contributed by atoms with Crippen LogP contribution in [0.25, 0.3) is 0 Å². The van der Waals surface area contributed by atoms with Gasteiger partial charge >= 0.3 is 5.97 Å². The van der Waals surface area contributed by atoms with Gasteiger partial charge in [-0.05, 0) is 6.92 Å². The number of rotatable bonds is 16. The quantitative estimate of drug-likeness (QED) is 0.150. The molecule has 2 heteroatoms. The minimum atomic E-state index is -0.211. The minimum absolute atomic E-state index is 0.211. The van der Waals surface area contributed by atoms with Crippen molar-refractivity contribution in [2.45, 2.75) is 212 Å². The highest BCUT2D eigenvalue weighted by atomic mass is 16.5. The zero-order chi connectivity index (χ0) is 29.1. The van der Waals surface area contributed by atoms with Crippen LogP contribution >= 0.6 is 0 Å². The molecule has 0 aliphatic heterocycles. The molecule has 0 amide bonds. The molecule has 0 aliphatic rings. The standard InChI is InChI=1S/5C6H14.C4H8O2/c5*1-3-5-6-4-2;1-3-6-4(2)5/h5*3-6H2,1-2H3;3H2,1-2H3. The van der Waals surface area contributed by atoms with Crippen molar-refractivity contribution in [3.63, 3.8) is 0 Å². The van der Waals surface area contributed by atoms with Gasteiger partial charge in [-0.1, -0.05) is 198 Å². The molecule has 2 nitrogen and oxygen atoms in total. The Morgan fingerprint density at radius 2 is 0.500 bits per heavy atom. The van der Waals surface area contributed by atoms with E-state index < -0.39 is 0 Å². The predicted molar refractivity (Wildman–Crippen MR) is 171 cm³/mol. The topological polar surface area (TPSA) is 26.3 Å². The van der Waals surface area contributed by atoms with Crippen LogP contribution in [0.2, 0.25) is 0 Å². The fraction of sp³-hybridized carbons (Fsp3) is 0.971. The molecule has 0 unspecified atom stereocenters. The maximum absolute atomic E-state index is 9.82. The van der Waals surface area contributed by atoms with Gasteiger partial charge in [-0.15, -0.1) is 0 Å². The van der Waals surface area contributed by atoms with Crippen molar-refractivity contribution in [1.82, 2.24) is 0 Å². The van der Waals surface area contributed by atoms with E-state index in [4.69, 9.17) is 0 Å². The van der Waals surface area contributed by atoms with Crippen molar-refractivity contribution in [2.75, 3.05) is 6.61 Å². The highest BCUT2D eigenvalue weighted by Gasteiger charge is 1.81. The molecule has 0 atom stereocenters. The molecule has 0 saturated heterocycles. The first-order valence-electron chi connectivity index (χ1n) is 16.5. The number of unbranched alkanes of at least 4 members (excludes halogenated alkanes) is 15. The lowest BCUT2D eigenvalue weighted by atomic mass is 10.2. The summed E-state index contributed by atoms with van der Waals surface area (Å²) in [7, 11) is 0. The number of ether oxygens (including phenoxy) is 1. The Kier molecular flexibility index (Phi) is 86.9. The molecule has 0 heterocycles. The number of esters is 1. The minimum Gasteiger partial charge on any atom is -0.466 e. The van der Waals surface area contributed by atoms with Gasteiger partial charge in [0.2, 0.25) is 0 Å². The molecule has 226 valence electrons. The van der Waals surface area contributed by atoms with Gasteiger partial charge in [0.05, 0.1) is 6.61 Å². The van der Waals surface area contributed by atoms with Crippen molar-refractivity contribution in [1.29, 1.82) is 0 Å². The molecule has 0 aromatic rings. The molecule has 0 fully saturated rings. The third kappa shape index (κ3) is 116. The van der Waals surface area contributed by atoms with Crippen LogP contribution in [0.15, 0.2) is 0 Å². The van der Waals surface area contributed by atoms with Gasteiger partial charge in [-0.2, -0.15) is 0 Å². The highest BCUT2D eigenvalue weighted by Crippen LogP contribution is 1.97. The zero-order valence-corrected chi connectivity index (χ0v) is 28.2. The maximum Gasteiger partial charge on any atom is 0.302 e. The molecule has 0 bridgehead atoms. The number of carbonyl (C=O) groups excluding carboxylic acids is 1. The van der Waals surface area contributed by atoms with Gasteiger partial charge in [0, 0.05) is 6.92 Å². The first-order valence-corrected chi connectivity index (χ1v) is 16.5. The van der Waals surface area contributed by atoms with Crippen LogP contribution in [0.3, 0.4) is 0 Å². The lowest BCUT2D eigenvalue weighted by molar-refractivity contribution is -0.140. The van der Waals surface area contributed by atoms with E-state index in [-0.39, 0.29) is 5.97 Å². The summed E-state index contributed by atoms with van der Waals surface area (Å²) in [6, 6.07) is 0. The Labute approximate surface area is 233 Å². The van der Waals surface area contributed by atoms with Gasteiger partial charge < -0.3 is 4.74 Å². The van der Waals surface area contributed by atoms with Gasteiger partial charge in [0.1, 0.15) is 0 Å². The van der Waals surface area contributed by atoms with Gasteiger partial charge in [-0.3, -0.25) is 4.79 Å². The fourth-order valence-electron chi connectivity index (χ4n) is 2.70. The molecule has 0 spiro atoms. The average molecular weight is 519 g/mol. The summed E-state index contributed by atoms with van der Waals surface area (Å²) in [5.74, 6) is -0.211. The SMILES string of the molecule is CCCCCC.CCCCCC.CCCCCC.CCCCCC.CCCCCC.CCOC(C)=O. The Hall–Kier alpha value is -0.530. The van der Waals surface area contributed by atoms with Crippen molar-refractivity contribution >= 4 is 5.97 Å². The molecule has 0 aromatic heterocycles. The van der Waals surface area contributed by atoms with Gasteiger partial charge in [0.15, 0.2) is 0 Å². The number of hydrogen-bond acceptors (Lipinski definition) is 2. The van der Waals surface area contributed by atoms with Crippen LogP contribution < -0.4 is 0 Å². The average Bonchev–Trinajstić information content (AvgIpc) is 2.88. The second-order valence-corrected chi connectivity index (χ2v) is 9.46. The second kappa shape index (κ2) is 64.5. The van der Waals surface area contributed by atoms with Crippen molar-refractivity contribution in [3.8, 4) is 0 Å². The maximum atomic E-state index is 9.82. The summed E-state index contributed by atoms with van der Waals surface area (Å²) in [5, 5.41) is 0. The van der Waals surface area contributed by atoms with Crippen molar-refractivity contribution in [3.05, 3.63) is 0 Å². The molecule has 0 saturated carbocycles. The van der Waals surface area contributed by atoms with Crippen LogP contribution in [0, 0.1) is 0 Å². The molecule has 0 radical (unpaired) electrons. The Balaban J connectivity index is -0.0000000750. The van der Waals surface area contributed by atoms with Crippen molar-refractivity contribution < 1.29 is 9.53 Å². The van der Waals surface area contributed by atoms with Crippen LogP contribution in [0.5, 0.6) is 0 Å². The monoisotopic (exact) mass is 519 g/mol. The fourth-order valence-corrected chi connectivity index (χ4v) is 2.70. The van der Waals surface area contributed by atoms with E-state index in [0.29, 0.717) is 6.61 Å². The lowest BCUT2D eigenvalue weighted by Gasteiger charge is -1.89. The summed E-state index contributed by atoms with van der Waals surface area (Å²) in [6.07, 6.45) is 27.7. The van der Waals surface area contributed by atoms with E-state index in [2.05, 4.69) is 74.0 Å². The van der Waals surface area contributed by atoms with Crippen molar-refractivity contribution in [2.24, 2.45) is 0 Å². The van der Waals surface area contributed by atoms with Crippen LogP contribution in [0.1, 0.15) is 212 Å². The Morgan fingerprint density at radius 3 is 0.528 bits per heavy atom. The number of carbonyl (C=O) groups is 1. The summed E-state index contributed by atoms with van der Waals surface area (Å²) >= 11 is 0. The molecule has 36 heavy (non-hydrogen) atoms. The van der Waals surface area contributed by atoms with E-state index in [1.54, 1.807) is 6.92 Å². The molecule has 0 aromatic carbocycles. The third-order valence-corrected chi connectivity index (χ3v) is 5.13. The molecule has 0 rings (SSSR count). The van der Waals surface area contributed by atoms with E-state index in [0.717, 1.165) is 0 Å². The Bertz CT molecular complexity index is 210. The molecule has 0 N–H and O–H groups in total. The molecular weight excluding hydrogens is 440 g/mol. The third-order valence-electron chi connectivity index (χ3n) is 5.13. The Morgan fingerprint density at radius 1 is 0.361 bits per heavy atom.